The monoisotopic (exact) mass is 301 g/mol. The van der Waals surface area contributed by atoms with E-state index in [4.69, 9.17) is 0 Å². The molecule has 1 heterocycles. The van der Waals surface area contributed by atoms with Gasteiger partial charge < -0.3 is 5.32 Å². The lowest BCUT2D eigenvalue weighted by Gasteiger charge is -2.32. The first-order chi connectivity index (χ1) is 7.70. The van der Waals surface area contributed by atoms with Crippen LogP contribution in [-0.2, 0) is 0 Å². The second kappa shape index (κ2) is 5.65. The smallest absolute Gasteiger partial charge is 0.0441 e. The van der Waals surface area contributed by atoms with Crippen LogP contribution in [-0.4, -0.2) is 7.05 Å². The van der Waals surface area contributed by atoms with Crippen LogP contribution in [0.25, 0.3) is 0 Å². The molecule has 0 aliphatic heterocycles. The Hall–Kier alpha value is 0.140. The summed E-state index contributed by atoms with van der Waals surface area (Å²) >= 11 is 5.41. The van der Waals surface area contributed by atoms with Gasteiger partial charge >= 0.3 is 0 Å². The Kier molecular flexibility index (Phi) is 4.45. The van der Waals surface area contributed by atoms with Crippen LogP contribution in [0, 0.1) is 11.8 Å². The van der Waals surface area contributed by atoms with Crippen molar-refractivity contribution < 1.29 is 0 Å². The molecule has 1 saturated carbocycles. The van der Waals surface area contributed by atoms with Gasteiger partial charge in [0, 0.05) is 20.8 Å². The Morgan fingerprint density at radius 2 is 2.06 bits per heavy atom. The van der Waals surface area contributed by atoms with E-state index in [0.717, 1.165) is 11.8 Å². The summed E-state index contributed by atoms with van der Waals surface area (Å²) in [6, 6.07) is 2.83. The zero-order chi connectivity index (χ0) is 11.5. The second-order valence-electron chi connectivity index (χ2n) is 4.95. The average Bonchev–Trinajstić information content (AvgIpc) is 2.69. The standard InChI is InChI=1S/C13H20BrNS/c1-9-3-5-10(6-4-9)13(15-2)12-7-11(14)8-16-12/h7-10,13,15H,3-6H2,1-2H3. The number of nitrogens with one attached hydrogen (secondary N) is 1. The van der Waals surface area contributed by atoms with Gasteiger partial charge in [0.05, 0.1) is 0 Å². The fourth-order valence-corrected chi connectivity index (χ4v) is 4.37. The lowest BCUT2D eigenvalue weighted by molar-refractivity contribution is 0.240. The highest BCUT2D eigenvalue weighted by molar-refractivity contribution is 9.10. The van der Waals surface area contributed by atoms with Crippen LogP contribution in [0.3, 0.4) is 0 Å². The van der Waals surface area contributed by atoms with E-state index >= 15 is 0 Å². The fraction of sp³-hybridized carbons (Fsp3) is 0.692. The minimum Gasteiger partial charge on any atom is -0.312 e. The normalized spacial score (nSPS) is 27.9. The van der Waals surface area contributed by atoms with E-state index in [1.54, 1.807) is 0 Å². The molecule has 0 bridgehead atoms. The number of thiophene rings is 1. The highest BCUT2D eigenvalue weighted by Crippen LogP contribution is 2.38. The van der Waals surface area contributed by atoms with E-state index in [0.29, 0.717) is 6.04 Å². The summed E-state index contributed by atoms with van der Waals surface area (Å²) in [6.45, 7) is 2.38. The molecule has 0 radical (unpaired) electrons. The van der Waals surface area contributed by atoms with Crippen LogP contribution < -0.4 is 5.32 Å². The Morgan fingerprint density at radius 3 is 2.56 bits per heavy atom. The maximum absolute atomic E-state index is 3.55. The van der Waals surface area contributed by atoms with E-state index in [1.165, 1.54) is 35.0 Å². The summed E-state index contributed by atoms with van der Waals surface area (Å²) in [5.74, 6) is 1.76. The van der Waals surface area contributed by atoms with Crippen LogP contribution in [0.5, 0.6) is 0 Å². The first-order valence-electron chi connectivity index (χ1n) is 6.12. The first-order valence-corrected chi connectivity index (χ1v) is 7.79. The number of hydrogen-bond acceptors (Lipinski definition) is 2. The van der Waals surface area contributed by atoms with E-state index < -0.39 is 0 Å². The van der Waals surface area contributed by atoms with Gasteiger partial charge in [-0.05, 0) is 53.7 Å². The van der Waals surface area contributed by atoms with Gasteiger partial charge in [0.15, 0.2) is 0 Å². The van der Waals surface area contributed by atoms with Crippen molar-refractivity contribution in [3.8, 4) is 0 Å². The van der Waals surface area contributed by atoms with Gasteiger partial charge in [0.25, 0.3) is 0 Å². The summed E-state index contributed by atoms with van der Waals surface area (Å²) in [5, 5.41) is 5.69. The predicted octanol–water partition coefficient (Wildman–Crippen LogP) is 4.60. The highest BCUT2D eigenvalue weighted by atomic mass is 79.9. The molecule has 0 spiro atoms. The molecule has 1 N–H and O–H groups in total. The summed E-state index contributed by atoms with van der Waals surface area (Å²) in [4.78, 5) is 1.48. The van der Waals surface area contributed by atoms with Crippen molar-refractivity contribution in [3.05, 3.63) is 20.8 Å². The quantitative estimate of drug-likeness (QED) is 0.860. The summed E-state index contributed by atoms with van der Waals surface area (Å²) in [7, 11) is 2.09. The lowest BCUT2D eigenvalue weighted by atomic mass is 9.79. The molecule has 2 rings (SSSR count). The molecule has 1 aromatic heterocycles. The number of rotatable bonds is 3. The maximum Gasteiger partial charge on any atom is 0.0441 e. The van der Waals surface area contributed by atoms with Crippen LogP contribution in [0.1, 0.15) is 43.5 Å². The Bertz CT molecular complexity index is 328. The van der Waals surface area contributed by atoms with Gasteiger partial charge in [-0.25, -0.2) is 0 Å². The molecule has 0 amide bonds. The van der Waals surface area contributed by atoms with Gasteiger partial charge in [-0.3, -0.25) is 0 Å². The van der Waals surface area contributed by atoms with Crippen LogP contribution in [0.4, 0.5) is 0 Å². The van der Waals surface area contributed by atoms with Gasteiger partial charge in [0.2, 0.25) is 0 Å². The molecular weight excluding hydrogens is 282 g/mol. The van der Waals surface area contributed by atoms with E-state index in [1.807, 2.05) is 11.3 Å². The van der Waals surface area contributed by atoms with Crippen molar-refractivity contribution in [1.29, 1.82) is 0 Å². The molecule has 90 valence electrons. The van der Waals surface area contributed by atoms with Crippen molar-refractivity contribution in [2.75, 3.05) is 7.05 Å². The van der Waals surface area contributed by atoms with Crippen molar-refractivity contribution in [1.82, 2.24) is 5.32 Å². The summed E-state index contributed by atoms with van der Waals surface area (Å²) in [6.07, 6.45) is 5.55. The topological polar surface area (TPSA) is 12.0 Å². The summed E-state index contributed by atoms with van der Waals surface area (Å²) in [5.41, 5.74) is 0. The third-order valence-corrected chi connectivity index (χ3v) is 5.51. The molecule has 1 atom stereocenters. The highest BCUT2D eigenvalue weighted by Gasteiger charge is 2.26. The average molecular weight is 302 g/mol. The molecule has 0 aromatic carbocycles. The Balaban J connectivity index is 2.05. The van der Waals surface area contributed by atoms with Crippen LogP contribution in [0.2, 0.25) is 0 Å². The largest absolute Gasteiger partial charge is 0.312 e. The third kappa shape index (κ3) is 2.88. The predicted molar refractivity (Wildman–Crippen MR) is 74.9 cm³/mol. The van der Waals surface area contributed by atoms with Crippen molar-refractivity contribution >= 4 is 27.3 Å². The van der Waals surface area contributed by atoms with Gasteiger partial charge in [-0.15, -0.1) is 11.3 Å². The van der Waals surface area contributed by atoms with Crippen molar-refractivity contribution in [2.45, 2.75) is 38.6 Å². The number of hydrogen-bond donors (Lipinski definition) is 1. The van der Waals surface area contributed by atoms with E-state index in [9.17, 15) is 0 Å². The number of halogens is 1. The minimum atomic E-state index is 0.559. The zero-order valence-corrected chi connectivity index (χ0v) is 12.4. The molecule has 1 fully saturated rings. The molecule has 1 nitrogen and oxygen atoms in total. The molecule has 3 heteroatoms. The third-order valence-electron chi connectivity index (χ3n) is 3.74. The molecule has 1 aromatic rings. The fourth-order valence-electron chi connectivity index (χ4n) is 2.72. The summed E-state index contributed by atoms with van der Waals surface area (Å²) < 4.78 is 1.22. The maximum atomic E-state index is 3.55. The second-order valence-corrected chi connectivity index (χ2v) is 6.81. The Morgan fingerprint density at radius 1 is 1.38 bits per heavy atom. The van der Waals surface area contributed by atoms with Crippen molar-refractivity contribution in [3.63, 3.8) is 0 Å². The molecule has 16 heavy (non-hydrogen) atoms. The molecule has 0 saturated heterocycles. The molecular formula is C13H20BrNS. The molecule has 1 aliphatic carbocycles. The minimum absolute atomic E-state index is 0.559. The van der Waals surface area contributed by atoms with Crippen LogP contribution >= 0.6 is 27.3 Å². The molecule has 1 aliphatic rings. The van der Waals surface area contributed by atoms with Gasteiger partial charge in [-0.1, -0.05) is 19.8 Å². The SMILES string of the molecule is CNC(c1cc(Br)cs1)C1CCC(C)CC1. The van der Waals surface area contributed by atoms with Crippen LogP contribution in [0.15, 0.2) is 15.9 Å². The Labute approximate surface area is 111 Å². The molecule has 1 unspecified atom stereocenters. The van der Waals surface area contributed by atoms with Gasteiger partial charge in [-0.2, -0.15) is 0 Å². The van der Waals surface area contributed by atoms with E-state index in [2.05, 4.69) is 46.7 Å². The zero-order valence-electron chi connectivity index (χ0n) is 10.0. The lowest BCUT2D eigenvalue weighted by Crippen LogP contribution is -2.27. The first kappa shape index (κ1) is 12.6. The van der Waals surface area contributed by atoms with Crippen molar-refractivity contribution in [2.24, 2.45) is 11.8 Å². The van der Waals surface area contributed by atoms with E-state index in [-0.39, 0.29) is 0 Å². The van der Waals surface area contributed by atoms with Gasteiger partial charge in [0.1, 0.15) is 0 Å².